The minimum absolute atomic E-state index is 0.256. The average molecular weight is 341 g/mol. The first-order chi connectivity index (χ1) is 9.50. The highest BCUT2D eigenvalue weighted by Crippen LogP contribution is 2.15. The zero-order chi connectivity index (χ0) is 15.0. The van der Waals surface area contributed by atoms with Gasteiger partial charge in [0.2, 0.25) is 0 Å². The molecular formula is C15H17BrO4. The van der Waals surface area contributed by atoms with E-state index in [2.05, 4.69) is 22.5 Å². The first-order valence-electron chi connectivity index (χ1n) is 6.24. The number of esters is 2. The molecule has 0 aliphatic carbocycles. The van der Waals surface area contributed by atoms with Gasteiger partial charge in [-0.15, -0.1) is 0 Å². The van der Waals surface area contributed by atoms with Crippen LogP contribution >= 0.6 is 15.9 Å². The molecule has 1 aromatic carbocycles. The molecule has 5 heteroatoms. The molecule has 1 atom stereocenters. The van der Waals surface area contributed by atoms with Crippen LogP contribution < -0.4 is 4.74 Å². The molecule has 0 saturated heterocycles. The van der Waals surface area contributed by atoms with Crippen molar-refractivity contribution in [2.45, 2.75) is 24.6 Å². The van der Waals surface area contributed by atoms with Crippen LogP contribution in [0.15, 0.2) is 42.5 Å². The molecule has 0 aliphatic rings. The fraction of sp³-hybridized carbons (Fsp3) is 0.333. The van der Waals surface area contributed by atoms with Crippen molar-refractivity contribution in [1.29, 1.82) is 0 Å². The van der Waals surface area contributed by atoms with Crippen molar-refractivity contribution in [3.63, 3.8) is 0 Å². The summed E-state index contributed by atoms with van der Waals surface area (Å²) in [6.07, 6.45) is 1.09. The average Bonchev–Trinajstić information content (AvgIpc) is 2.43. The summed E-state index contributed by atoms with van der Waals surface area (Å²) in [6, 6.07) is 8.86. The Bertz CT molecular complexity index is 470. The molecule has 4 nitrogen and oxygen atoms in total. The molecule has 0 aromatic heterocycles. The predicted octanol–water partition coefficient (Wildman–Crippen LogP) is 3.26. The number of carbonyl (C=O) groups excluding carboxylic acids is 2. The van der Waals surface area contributed by atoms with E-state index in [0.717, 1.165) is 0 Å². The van der Waals surface area contributed by atoms with E-state index < -0.39 is 10.8 Å². The van der Waals surface area contributed by atoms with Crippen molar-refractivity contribution < 1.29 is 19.1 Å². The van der Waals surface area contributed by atoms with E-state index in [-0.39, 0.29) is 12.6 Å². The summed E-state index contributed by atoms with van der Waals surface area (Å²) >= 11 is 3.26. The van der Waals surface area contributed by atoms with Crippen LogP contribution in [0.5, 0.6) is 5.75 Å². The third-order valence-corrected chi connectivity index (χ3v) is 3.23. The van der Waals surface area contributed by atoms with Crippen LogP contribution in [0.1, 0.15) is 19.8 Å². The largest absolute Gasteiger partial charge is 0.462 e. The van der Waals surface area contributed by atoms with Crippen molar-refractivity contribution in [2.24, 2.45) is 0 Å². The Hall–Kier alpha value is -1.62. The molecule has 1 unspecified atom stereocenters. The molecule has 0 bridgehead atoms. The number of ether oxygens (including phenoxy) is 2. The highest BCUT2D eigenvalue weighted by molar-refractivity contribution is 9.10. The lowest BCUT2D eigenvalue weighted by molar-refractivity contribution is -0.139. The Labute approximate surface area is 126 Å². The van der Waals surface area contributed by atoms with E-state index in [0.29, 0.717) is 24.2 Å². The van der Waals surface area contributed by atoms with Gasteiger partial charge in [0.25, 0.3) is 0 Å². The second kappa shape index (κ2) is 8.53. The summed E-state index contributed by atoms with van der Waals surface area (Å²) in [5.41, 5.74) is 0.365. The van der Waals surface area contributed by atoms with Crippen LogP contribution in [0.25, 0.3) is 0 Å². The second-order valence-electron chi connectivity index (χ2n) is 4.26. The molecule has 1 rings (SSSR count). The third-order valence-electron chi connectivity index (χ3n) is 2.40. The number of hydrogen-bond donors (Lipinski definition) is 0. The third kappa shape index (κ3) is 6.02. The van der Waals surface area contributed by atoms with Crippen LogP contribution in [0.3, 0.4) is 0 Å². The van der Waals surface area contributed by atoms with Gasteiger partial charge in [0, 0.05) is 5.57 Å². The first-order valence-corrected chi connectivity index (χ1v) is 7.15. The Morgan fingerprint density at radius 1 is 1.30 bits per heavy atom. The van der Waals surface area contributed by atoms with Gasteiger partial charge in [-0.25, -0.2) is 4.79 Å². The van der Waals surface area contributed by atoms with Gasteiger partial charge < -0.3 is 9.47 Å². The Balaban J connectivity index is 2.25. The molecule has 0 heterocycles. The zero-order valence-corrected chi connectivity index (χ0v) is 12.9. The van der Waals surface area contributed by atoms with Crippen molar-refractivity contribution in [3.05, 3.63) is 42.5 Å². The summed E-state index contributed by atoms with van der Waals surface area (Å²) in [4.78, 5) is 22.5. The molecule has 1 aromatic rings. The van der Waals surface area contributed by atoms with Crippen molar-refractivity contribution >= 4 is 27.9 Å². The van der Waals surface area contributed by atoms with E-state index in [1.807, 2.05) is 6.07 Å². The lowest BCUT2D eigenvalue weighted by Crippen LogP contribution is -2.21. The molecule has 0 N–H and O–H groups in total. The molecule has 0 fully saturated rings. The van der Waals surface area contributed by atoms with Crippen molar-refractivity contribution in [1.82, 2.24) is 0 Å². The standard InChI is InChI=1S/C15H17BrO4/c1-11(2)14(17)19-10-6-9-13(16)15(18)20-12-7-4-3-5-8-12/h3-5,7-8,13H,1,6,9-10H2,2H3. The van der Waals surface area contributed by atoms with Gasteiger partial charge in [-0.05, 0) is 31.9 Å². The predicted molar refractivity (Wildman–Crippen MR) is 79.8 cm³/mol. The molecule has 20 heavy (non-hydrogen) atoms. The number of rotatable bonds is 7. The fourth-order valence-corrected chi connectivity index (χ4v) is 1.75. The van der Waals surface area contributed by atoms with Gasteiger partial charge in [-0.3, -0.25) is 4.79 Å². The SMILES string of the molecule is C=C(C)C(=O)OCCCC(Br)C(=O)Oc1ccccc1. The monoisotopic (exact) mass is 340 g/mol. The summed E-state index contributed by atoms with van der Waals surface area (Å²) < 4.78 is 10.1. The Kier molecular flexibility index (Phi) is 7.01. The van der Waals surface area contributed by atoms with Gasteiger partial charge in [0.05, 0.1) is 6.61 Å². The molecule has 0 aliphatic heterocycles. The summed E-state index contributed by atoms with van der Waals surface area (Å²) in [7, 11) is 0. The maximum Gasteiger partial charge on any atom is 0.333 e. The fourth-order valence-electron chi connectivity index (χ4n) is 1.34. The van der Waals surface area contributed by atoms with Crippen LogP contribution in [0.4, 0.5) is 0 Å². The number of carbonyl (C=O) groups is 2. The zero-order valence-electron chi connectivity index (χ0n) is 11.3. The van der Waals surface area contributed by atoms with Crippen molar-refractivity contribution in [2.75, 3.05) is 6.61 Å². The van der Waals surface area contributed by atoms with Gasteiger partial charge in [-0.2, -0.15) is 0 Å². The lowest BCUT2D eigenvalue weighted by atomic mass is 10.2. The van der Waals surface area contributed by atoms with Crippen LogP contribution in [-0.4, -0.2) is 23.4 Å². The Morgan fingerprint density at radius 2 is 1.95 bits per heavy atom. The Morgan fingerprint density at radius 3 is 2.55 bits per heavy atom. The molecule has 0 amide bonds. The number of hydrogen-bond acceptors (Lipinski definition) is 4. The summed E-state index contributed by atoms with van der Waals surface area (Å²) in [5.74, 6) is -0.263. The molecule has 0 saturated carbocycles. The van der Waals surface area contributed by atoms with E-state index in [1.54, 1.807) is 31.2 Å². The number of para-hydroxylation sites is 1. The van der Waals surface area contributed by atoms with E-state index in [1.165, 1.54) is 0 Å². The van der Waals surface area contributed by atoms with Gasteiger partial charge >= 0.3 is 11.9 Å². The molecule has 0 spiro atoms. The minimum Gasteiger partial charge on any atom is -0.462 e. The first kappa shape index (κ1) is 16.4. The van der Waals surface area contributed by atoms with Gasteiger partial charge in [0.15, 0.2) is 0 Å². The van der Waals surface area contributed by atoms with Crippen molar-refractivity contribution in [3.8, 4) is 5.75 Å². The summed E-state index contributed by atoms with van der Waals surface area (Å²) in [5, 5.41) is 0. The van der Waals surface area contributed by atoms with E-state index in [4.69, 9.17) is 9.47 Å². The molecule has 108 valence electrons. The number of alkyl halides is 1. The summed E-state index contributed by atoms with van der Waals surface area (Å²) in [6.45, 7) is 5.33. The second-order valence-corrected chi connectivity index (χ2v) is 5.37. The van der Waals surface area contributed by atoms with Crippen LogP contribution in [0, 0.1) is 0 Å². The number of benzene rings is 1. The normalized spacial score (nSPS) is 11.5. The molecular weight excluding hydrogens is 324 g/mol. The highest BCUT2D eigenvalue weighted by Gasteiger charge is 2.17. The van der Waals surface area contributed by atoms with E-state index >= 15 is 0 Å². The number of halogens is 1. The lowest BCUT2D eigenvalue weighted by Gasteiger charge is -2.10. The van der Waals surface area contributed by atoms with E-state index in [9.17, 15) is 9.59 Å². The minimum atomic E-state index is -0.425. The van der Waals surface area contributed by atoms with Crippen LogP contribution in [0.2, 0.25) is 0 Å². The maximum atomic E-state index is 11.8. The smallest absolute Gasteiger partial charge is 0.333 e. The van der Waals surface area contributed by atoms with Gasteiger partial charge in [0.1, 0.15) is 10.6 Å². The molecule has 0 radical (unpaired) electrons. The highest BCUT2D eigenvalue weighted by atomic mass is 79.9. The van der Waals surface area contributed by atoms with Gasteiger partial charge in [-0.1, -0.05) is 40.7 Å². The quantitative estimate of drug-likeness (QED) is 0.251. The topological polar surface area (TPSA) is 52.6 Å². The maximum absolute atomic E-state index is 11.8. The van der Waals surface area contributed by atoms with Crippen LogP contribution in [-0.2, 0) is 14.3 Å².